The van der Waals surface area contributed by atoms with Crippen molar-refractivity contribution >= 4 is 17.7 Å². The van der Waals surface area contributed by atoms with Crippen LogP contribution < -0.4 is 5.73 Å². The quantitative estimate of drug-likeness (QED) is 0.409. The van der Waals surface area contributed by atoms with Crippen molar-refractivity contribution in [1.82, 2.24) is 0 Å². The topological polar surface area (TPSA) is 52.3 Å². The van der Waals surface area contributed by atoms with Crippen LogP contribution in [0.25, 0.3) is 0 Å². The maximum atomic E-state index is 11.1. The Hall–Kier alpha value is -0.480. The predicted octanol–water partition coefficient (Wildman–Crippen LogP) is 1.58. The fraction of sp³-hybridized carbons (Fsp3) is 0.727. The van der Waals surface area contributed by atoms with Gasteiger partial charge in [0.05, 0.1) is 13.5 Å². The molecule has 0 unspecified atom stereocenters. The van der Waals surface area contributed by atoms with Crippen LogP contribution in [0.5, 0.6) is 0 Å². The van der Waals surface area contributed by atoms with Gasteiger partial charge in [0.2, 0.25) is 0 Å². The summed E-state index contributed by atoms with van der Waals surface area (Å²) in [5.74, 6) is 1.96. The van der Waals surface area contributed by atoms with Crippen LogP contribution in [0.3, 0.4) is 0 Å². The summed E-state index contributed by atoms with van der Waals surface area (Å²) in [6, 6.07) is 0. The minimum absolute atomic E-state index is 0.0781. The minimum atomic E-state index is -0.0781. The molecule has 0 amide bonds. The maximum absolute atomic E-state index is 11.1. The van der Waals surface area contributed by atoms with Crippen molar-refractivity contribution in [3.05, 3.63) is 12.2 Å². The van der Waals surface area contributed by atoms with E-state index < -0.39 is 0 Å². The standard InChI is InChI=1S/C11H19NO2S/c1-14-10(13)8-11(4-5-11)9-15-7-3-2-6-12/h2-3H,4-9,12H2,1H3/b3-2+. The number of rotatable bonds is 7. The number of carbonyl (C=O) groups is 1. The fourth-order valence-corrected chi connectivity index (χ4v) is 2.65. The summed E-state index contributed by atoms with van der Waals surface area (Å²) in [6.45, 7) is 0.605. The van der Waals surface area contributed by atoms with Crippen LogP contribution in [0.1, 0.15) is 19.3 Å². The Labute approximate surface area is 95.4 Å². The second-order valence-corrected chi connectivity index (χ2v) is 5.01. The summed E-state index contributed by atoms with van der Waals surface area (Å²) in [7, 11) is 1.45. The zero-order valence-electron chi connectivity index (χ0n) is 9.20. The third-order valence-electron chi connectivity index (χ3n) is 2.63. The summed E-state index contributed by atoms with van der Waals surface area (Å²) < 4.78 is 4.69. The highest BCUT2D eigenvalue weighted by Gasteiger charge is 2.44. The van der Waals surface area contributed by atoms with Crippen LogP contribution in [-0.2, 0) is 9.53 Å². The molecule has 3 nitrogen and oxygen atoms in total. The lowest BCUT2D eigenvalue weighted by Crippen LogP contribution is -2.13. The van der Waals surface area contributed by atoms with Crippen LogP contribution >= 0.6 is 11.8 Å². The Morgan fingerprint density at radius 2 is 2.27 bits per heavy atom. The van der Waals surface area contributed by atoms with E-state index in [4.69, 9.17) is 10.5 Å². The first kappa shape index (κ1) is 12.6. The smallest absolute Gasteiger partial charge is 0.306 e. The number of methoxy groups -OCH3 is 1. The summed E-state index contributed by atoms with van der Waals surface area (Å²) in [5.41, 5.74) is 5.58. The van der Waals surface area contributed by atoms with Gasteiger partial charge in [0.25, 0.3) is 0 Å². The average molecular weight is 229 g/mol. The molecule has 0 bridgehead atoms. The molecule has 4 heteroatoms. The van der Waals surface area contributed by atoms with Crippen LogP contribution in [0.2, 0.25) is 0 Å². The van der Waals surface area contributed by atoms with E-state index in [1.807, 2.05) is 17.8 Å². The highest BCUT2D eigenvalue weighted by molar-refractivity contribution is 7.99. The number of carbonyl (C=O) groups excluding carboxylic acids is 1. The summed E-state index contributed by atoms with van der Waals surface area (Å²) in [4.78, 5) is 11.1. The molecule has 0 aliphatic heterocycles. The third-order valence-corrected chi connectivity index (χ3v) is 3.87. The van der Waals surface area contributed by atoms with Crippen LogP contribution in [0.4, 0.5) is 0 Å². The van der Waals surface area contributed by atoms with Gasteiger partial charge in [0, 0.05) is 12.3 Å². The lowest BCUT2D eigenvalue weighted by atomic mass is 10.1. The Kier molecular flexibility index (Phi) is 5.19. The zero-order valence-corrected chi connectivity index (χ0v) is 10.0. The number of thioether (sulfide) groups is 1. The molecule has 1 saturated carbocycles. The molecule has 0 aromatic rings. The van der Waals surface area contributed by atoms with Gasteiger partial charge in [-0.2, -0.15) is 11.8 Å². The first-order valence-electron chi connectivity index (χ1n) is 5.22. The van der Waals surface area contributed by atoms with Crippen LogP contribution in [0.15, 0.2) is 12.2 Å². The fourth-order valence-electron chi connectivity index (χ4n) is 1.44. The molecule has 1 rings (SSSR count). The Balaban J connectivity index is 2.14. The SMILES string of the molecule is COC(=O)CC1(CSC/C=C/CN)CC1. The number of ether oxygens (including phenoxy) is 1. The lowest BCUT2D eigenvalue weighted by Gasteiger charge is -2.11. The van der Waals surface area contributed by atoms with Gasteiger partial charge < -0.3 is 10.5 Å². The second kappa shape index (κ2) is 6.18. The van der Waals surface area contributed by atoms with Gasteiger partial charge in [-0.05, 0) is 24.0 Å². The van der Waals surface area contributed by atoms with E-state index in [9.17, 15) is 4.79 Å². The van der Waals surface area contributed by atoms with E-state index in [2.05, 4.69) is 6.08 Å². The van der Waals surface area contributed by atoms with Crippen LogP contribution in [-0.4, -0.2) is 31.1 Å². The van der Waals surface area contributed by atoms with E-state index in [0.717, 1.165) is 24.3 Å². The predicted molar refractivity (Wildman–Crippen MR) is 63.8 cm³/mol. The van der Waals surface area contributed by atoms with Crippen molar-refractivity contribution in [2.24, 2.45) is 11.1 Å². The molecule has 0 aromatic heterocycles. The Bertz CT molecular complexity index is 237. The van der Waals surface area contributed by atoms with E-state index >= 15 is 0 Å². The molecule has 2 N–H and O–H groups in total. The van der Waals surface area contributed by atoms with Crippen molar-refractivity contribution in [3.63, 3.8) is 0 Å². The third kappa shape index (κ3) is 4.71. The van der Waals surface area contributed by atoms with Gasteiger partial charge >= 0.3 is 5.97 Å². The van der Waals surface area contributed by atoms with E-state index in [-0.39, 0.29) is 11.4 Å². The lowest BCUT2D eigenvalue weighted by molar-refractivity contribution is -0.141. The largest absolute Gasteiger partial charge is 0.469 e. The number of hydrogen-bond acceptors (Lipinski definition) is 4. The summed E-state index contributed by atoms with van der Waals surface area (Å²) in [5, 5.41) is 0. The van der Waals surface area contributed by atoms with Crippen LogP contribution in [0, 0.1) is 5.41 Å². The molecule has 15 heavy (non-hydrogen) atoms. The molecule has 0 aromatic carbocycles. The monoisotopic (exact) mass is 229 g/mol. The van der Waals surface area contributed by atoms with Gasteiger partial charge in [-0.3, -0.25) is 4.79 Å². The van der Waals surface area contributed by atoms with E-state index in [0.29, 0.717) is 13.0 Å². The highest BCUT2D eigenvalue weighted by Crippen LogP contribution is 2.51. The van der Waals surface area contributed by atoms with Crippen molar-refractivity contribution in [2.45, 2.75) is 19.3 Å². The Morgan fingerprint density at radius 3 is 2.80 bits per heavy atom. The molecular formula is C11H19NO2S. The zero-order chi connectivity index (χ0) is 11.1. The Morgan fingerprint density at radius 1 is 1.53 bits per heavy atom. The minimum Gasteiger partial charge on any atom is -0.469 e. The summed E-state index contributed by atoms with van der Waals surface area (Å²) in [6.07, 6.45) is 6.95. The van der Waals surface area contributed by atoms with Crippen molar-refractivity contribution in [1.29, 1.82) is 0 Å². The molecule has 0 saturated heterocycles. The number of esters is 1. The molecule has 86 valence electrons. The molecule has 1 fully saturated rings. The van der Waals surface area contributed by atoms with Crippen molar-refractivity contribution in [3.8, 4) is 0 Å². The summed E-state index contributed by atoms with van der Waals surface area (Å²) >= 11 is 1.86. The molecule has 0 atom stereocenters. The number of nitrogens with two attached hydrogens (primary N) is 1. The molecule has 0 spiro atoms. The van der Waals surface area contributed by atoms with Gasteiger partial charge in [-0.15, -0.1) is 0 Å². The first-order chi connectivity index (χ1) is 7.22. The van der Waals surface area contributed by atoms with Gasteiger partial charge in [0.15, 0.2) is 0 Å². The molecule has 1 aliphatic carbocycles. The molecule has 0 radical (unpaired) electrons. The van der Waals surface area contributed by atoms with Crippen molar-refractivity contribution < 1.29 is 9.53 Å². The van der Waals surface area contributed by atoms with E-state index in [1.54, 1.807) is 0 Å². The second-order valence-electron chi connectivity index (χ2n) is 3.98. The van der Waals surface area contributed by atoms with Gasteiger partial charge in [0.1, 0.15) is 0 Å². The molecular weight excluding hydrogens is 210 g/mol. The first-order valence-corrected chi connectivity index (χ1v) is 6.37. The van der Waals surface area contributed by atoms with Gasteiger partial charge in [-0.25, -0.2) is 0 Å². The normalized spacial score (nSPS) is 18.0. The highest BCUT2D eigenvalue weighted by atomic mass is 32.2. The average Bonchev–Trinajstić information content (AvgIpc) is 2.98. The molecule has 0 heterocycles. The van der Waals surface area contributed by atoms with Crippen molar-refractivity contribution in [2.75, 3.05) is 25.2 Å². The van der Waals surface area contributed by atoms with E-state index in [1.165, 1.54) is 7.11 Å². The van der Waals surface area contributed by atoms with Gasteiger partial charge in [-0.1, -0.05) is 12.2 Å². The molecule has 1 aliphatic rings. The number of hydrogen-bond donors (Lipinski definition) is 1. The maximum Gasteiger partial charge on any atom is 0.306 e.